The van der Waals surface area contributed by atoms with Crippen molar-refractivity contribution in [2.45, 2.75) is 32.7 Å². The van der Waals surface area contributed by atoms with Gasteiger partial charge in [0.15, 0.2) is 0 Å². The first-order valence-electron chi connectivity index (χ1n) is 5.86. The molecule has 0 radical (unpaired) electrons. The predicted octanol–water partition coefficient (Wildman–Crippen LogP) is 0.161. The molecule has 16 heavy (non-hydrogen) atoms. The summed E-state index contributed by atoms with van der Waals surface area (Å²) in [6.07, 6.45) is 1.79. The van der Waals surface area contributed by atoms with Crippen molar-refractivity contribution < 1.29 is 8.42 Å². The van der Waals surface area contributed by atoms with E-state index in [-0.39, 0.29) is 6.04 Å². The van der Waals surface area contributed by atoms with E-state index in [9.17, 15) is 8.42 Å². The molecule has 0 unspecified atom stereocenters. The highest BCUT2D eigenvalue weighted by atomic mass is 32.2. The SMILES string of the molecule is CNS(=O)(=O)NC1CCN(CC(C)C)CC1. The Balaban J connectivity index is 2.32. The van der Waals surface area contributed by atoms with Crippen molar-refractivity contribution in [3.63, 3.8) is 0 Å². The van der Waals surface area contributed by atoms with Gasteiger partial charge < -0.3 is 4.90 Å². The topological polar surface area (TPSA) is 61.4 Å². The van der Waals surface area contributed by atoms with Crippen molar-refractivity contribution in [1.82, 2.24) is 14.3 Å². The summed E-state index contributed by atoms with van der Waals surface area (Å²) in [6, 6.07) is 0.0841. The van der Waals surface area contributed by atoms with Crippen molar-refractivity contribution in [2.75, 3.05) is 26.7 Å². The van der Waals surface area contributed by atoms with Crippen LogP contribution < -0.4 is 9.44 Å². The van der Waals surface area contributed by atoms with Gasteiger partial charge in [0, 0.05) is 19.6 Å². The van der Waals surface area contributed by atoms with E-state index in [0.29, 0.717) is 5.92 Å². The maximum absolute atomic E-state index is 11.3. The zero-order valence-corrected chi connectivity index (χ0v) is 11.2. The molecular weight excluding hydrogens is 226 g/mol. The van der Waals surface area contributed by atoms with Gasteiger partial charge in [-0.15, -0.1) is 0 Å². The van der Waals surface area contributed by atoms with Crippen molar-refractivity contribution in [1.29, 1.82) is 0 Å². The van der Waals surface area contributed by atoms with Crippen molar-refractivity contribution >= 4 is 10.2 Å². The average Bonchev–Trinajstić information content (AvgIpc) is 2.20. The maximum atomic E-state index is 11.3. The number of hydrogen-bond donors (Lipinski definition) is 2. The molecule has 6 heteroatoms. The molecule has 2 N–H and O–H groups in total. The summed E-state index contributed by atoms with van der Waals surface area (Å²) in [5, 5.41) is 0. The van der Waals surface area contributed by atoms with Crippen LogP contribution in [0.5, 0.6) is 0 Å². The lowest BCUT2D eigenvalue weighted by Gasteiger charge is -2.32. The van der Waals surface area contributed by atoms with Gasteiger partial charge in [-0.2, -0.15) is 13.1 Å². The summed E-state index contributed by atoms with van der Waals surface area (Å²) in [4.78, 5) is 2.40. The van der Waals surface area contributed by atoms with Crippen LogP contribution in [0.1, 0.15) is 26.7 Å². The number of nitrogens with zero attached hydrogens (tertiary/aromatic N) is 1. The van der Waals surface area contributed by atoms with Crippen LogP contribution in [0.15, 0.2) is 0 Å². The van der Waals surface area contributed by atoms with Crippen molar-refractivity contribution in [2.24, 2.45) is 5.92 Å². The lowest BCUT2D eigenvalue weighted by Crippen LogP contribution is -2.47. The van der Waals surface area contributed by atoms with E-state index < -0.39 is 10.2 Å². The second-order valence-corrected chi connectivity index (χ2v) is 6.44. The summed E-state index contributed by atoms with van der Waals surface area (Å²) in [7, 11) is -1.85. The van der Waals surface area contributed by atoms with Crippen LogP contribution in [0, 0.1) is 5.92 Å². The molecule has 0 aromatic rings. The lowest BCUT2D eigenvalue weighted by molar-refractivity contribution is 0.188. The molecule has 0 saturated carbocycles. The van der Waals surface area contributed by atoms with E-state index in [2.05, 4.69) is 28.2 Å². The molecule has 0 amide bonds. The third-order valence-corrected chi connectivity index (χ3v) is 3.98. The van der Waals surface area contributed by atoms with Gasteiger partial charge in [0.2, 0.25) is 0 Å². The normalized spacial score (nSPS) is 20.5. The number of likely N-dealkylation sites (tertiary alicyclic amines) is 1. The summed E-state index contributed by atoms with van der Waals surface area (Å²) < 4.78 is 27.5. The smallest absolute Gasteiger partial charge is 0.276 e. The lowest BCUT2D eigenvalue weighted by atomic mass is 10.0. The molecule has 5 nitrogen and oxygen atoms in total. The Morgan fingerprint density at radius 2 is 1.88 bits per heavy atom. The molecule has 0 spiro atoms. The third-order valence-electron chi connectivity index (χ3n) is 2.80. The average molecular weight is 249 g/mol. The van der Waals surface area contributed by atoms with Crippen LogP contribution in [0.3, 0.4) is 0 Å². The first kappa shape index (κ1) is 13.9. The number of hydrogen-bond acceptors (Lipinski definition) is 3. The Bertz CT molecular complexity index is 295. The van der Waals surface area contributed by atoms with E-state index in [1.807, 2.05) is 0 Å². The van der Waals surface area contributed by atoms with Crippen LogP contribution >= 0.6 is 0 Å². The highest BCUT2D eigenvalue weighted by Gasteiger charge is 2.22. The quantitative estimate of drug-likeness (QED) is 0.730. The minimum Gasteiger partial charge on any atom is -0.303 e. The Labute approximate surface area is 98.8 Å². The maximum Gasteiger partial charge on any atom is 0.276 e. The van der Waals surface area contributed by atoms with E-state index in [1.54, 1.807) is 0 Å². The van der Waals surface area contributed by atoms with Crippen LogP contribution in [0.25, 0.3) is 0 Å². The molecule has 96 valence electrons. The predicted molar refractivity (Wildman–Crippen MR) is 65.4 cm³/mol. The zero-order valence-electron chi connectivity index (χ0n) is 10.4. The molecule has 0 aromatic heterocycles. The van der Waals surface area contributed by atoms with Gasteiger partial charge >= 0.3 is 0 Å². The monoisotopic (exact) mass is 249 g/mol. The van der Waals surface area contributed by atoms with Gasteiger partial charge in [-0.3, -0.25) is 0 Å². The standard InChI is InChI=1S/C10H23N3O2S/c1-9(2)8-13-6-4-10(5-7-13)12-16(14,15)11-3/h9-12H,4-8H2,1-3H3. The Hall–Kier alpha value is -0.170. The van der Waals surface area contributed by atoms with Gasteiger partial charge in [-0.1, -0.05) is 13.8 Å². The van der Waals surface area contributed by atoms with Gasteiger partial charge in [0.05, 0.1) is 0 Å². The van der Waals surface area contributed by atoms with E-state index >= 15 is 0 Å². The molecule has 0 aromatic carbocycles. The highest BCUT2D eigenvalue weighted by Crippen LogP contribution is 2.12. The van der Waals surface area contributed by atoms with Crippen LogP contribution in [0.2, 0.25) is 0 Å². The summed E-state index contributed by atoms with van der Waals surface area (Å²) in [5.41, 5.74) is 0. The molecule has 1 heterocycles. The summed E-state index contributed by atoms with van der Waals surface area (Å²) >= 11 is 0. The molecule has 0 aliphatic carbocycles. The van der Waals surface area contributed by atoms with Crippen LogP contribution in [-0.2, 0) is 10.2 Å². The van der Waals surface area contributed by atoms with Gasteiger partial charge in [-0.25, -0.2) is 4.72 Å². The van der Waals surface area contributed by atoms with Crippen LogP contribution in [-0.4, -0.2) is 46.0 Å². The molecule has 1 rings (SSSR count). The van der Waals surface area contributed by atoms with E-state index in [0.717, 1.165) is 32.5 Å². The fraction of sp³-hybridized carbons (Fsp3) is 1.00. The third kappa shape index (κ3) is 4.78. The molecule has 1 saturated heterocycles. The Kier molecular flexibility index (Phi) is 5.17. The number of nitrogens with one attached hydrogen (secondary N) is 2. The highest BCUT2D eigenvalue weighted by molar-refractivity contribution is 7.87. The first-order valence-corrected chi connectivity index (χ1v) is 7.34. The summed E-state index contributed by atoms with van der Waals surface area (Å²) in [5.74, 6) is 0.672. The number of rotatable bonds is 5. The minimum absolute atomic E-state index is 0.0841. The van der Waals surface area contributed by atoms with Crippen LogP contribution in [0.4, 0.5) is 0 Å². The van der Waals surface area contributed by atoms with Gasteiger partial charge in [0.1, 0.15) is 0 Å². The molecule has 1 aliphatic rings. The largest absolute Gasteiger partial charge is 0.303 e. The molecule has 0 atom stereocenters. The van der Waals surface area contributed by atoms with E-state index in [4.69, 9.17) is 0 Å². The molecular formula is C10H23N3O2S. The first-order chi connectivity index (χ1) is 7.43. The minimum atomic E-state index is -3.28. The van der Waals surface area contributed by atoms with Crippen molar-refractivity contribution in [3.8, 4) is 0 Å². The molecule has 1 fully saturated rings. The second-order valence-electron chi connectivity index (χ2n) is 4.79. The van der Waals surface area contributed by atoms with Gasteiger partial charge in [0.25, 0.3) is 10.2 Å². The summed E-state index contributed by atoms with van der Waals surface area (Å²) in [6.45, 7) is 7.47. The fourth-order valence-corrected chi connectivity index (χ4v) is 2.82. The second kappa shape index (κ2) is 5.95. The Morgan fingerprint density at radius 3 is 2.31 bits per heavy atom. The number of piperidine rings is 1. The zero-order chi connectivity index (χ0) is 12.2. The Morgan fingerprint density at radius 1 is 1.31 bits per heavy atom. The van der Waals surface area contributed by atoms with E-state index in [1.165, 1.54) is 7.05 Å². The fourth-order valence-electron chi connectivity index (χ4n) is 2.03. The van der Waals surface area contributed by atoms with Gasteiger partial charge in [-0.05, 0) is 31.8 Å². The molecule has 0 bridgehead atoms. The van der Waals surface area contributed by atoms with Crippen molar-refractivity contribution in [3.05, 3.63) is 0 Å². The molecule has 1 aliphatic heterocycles.